The molecule has 77 valence electrons. The summed E-state index contributed by atoms with van der Waals surface area (Å²) in [5.41, 5.74) is 0.525. The van der Waals surface area contributed by atoms with Gasteiger partial charge in [-0.1, -0.05) is 30.3 Å². The Labute approximate surface area is 87.3 Å². The van der Waals surface area contributed by atoms with Crippen LogP contribution in [0.15, 0.2) is 30.3 Å². The zero-order valence-corrected chi connectivity index (χ0v) is 7.97. The number of benzene rings is 1. The molecule has 0 aliphatic rings. The zero-order valence-electron chi connectivity index (χ0n) is 7.97. The Morgan fingerprint density at radius 3 is 2.60 bits per heavy atom. The molecule has 1 N–H and O–H groups in total. The van der Waals surface area contributed by atoms with E-state index >= 15 is 0 Å². The molecule has 1 radical (unpaired) electrons. The molecule has 0 heterocycles. The molecular weight excluding hydrogens is 194 g/mol. The van der Waals surface area contributed by atoms with Crippen molar-refractivity contribution in [1.29, 1.82) is 0 Å². The van der Waals surface area contributed by atoms with E-state index in [0.717, 1.165) is 0 Å². The van der Waals surface area contributed by atoms with Crippen LogP contribution < -0.4 is 5.32 Å². The summed E-state index contributed by atoms with van der Waals surface area (Å²) in [6.07, 6.45) is 1.87. The van der Waals surface area contributed by atoms with E-state index in [4.69, 9.17) is 0 Å². The summed E-state index contributed by atoms with van der Waals surface area (Å²) in [6, 6.07) is 7.80. The summed E-state index contributed by atoms with van der Waals surface area (Å²) in [7, 11) is 0. The second-order valence-electron chi connectivity index (χ2n) is 2.98. The highest BCUT2D eigenvalue weighted by Gasteiger charge is 2.13. The minimum Gasteiger partial charge on any atom is -0.338 e. The standard InChI is InChI=1S/C11H10NO3/c13-7-10(12-8-14)6-11(15)9-4-2-1-3-5-9/h1-5,7,10H,6H2,(H,12,14). The lowest BCUT2D eigenvalue weighted by molar-refractivity contribution is -0.109. The van der Waals surface area contributed by atoms with E-state index in [2.05, 4.69) is 5.32 Å². The molecule has 0 aliphatic heterocycles. The molecule has 4 nitrogen and oxygen atoms in total. The summed E-state index contributed by atoms with van der Waals surface area (Å²) >= 11 is 0. The number of hydrogen-bond donors (Lipinski definition) is 1. The van der Waals surface area contributed by atoms with Crippen LogP contribution in [0.4, 0.5) is 0 Å². The van der Waals surface area contributed by atoms with Gasteiger partial charge in [-0.2, -0.15) is 0 Å². The van der Waals surface area contributed by atoms with Crippen LogP contribution in [0.1, 0.15) is 16.8 Å². The maximum absolute atomic E-state index is 11.6. The van der Waals surface area contributed by atoms with Crippen molar-refractivity contribution in [2.45, 2.75) is 12.5 Å². The van der Waals surface area contributed by atoms with Crippen molar-refractivity contribution in [3.63, 3.8) is 0 Å². The van der Waals surface area contributed by atoms with Crippen LogP contribution in [0.5, 0.6) is 0 Å². The van der Waals surface area contributed by atoms with Gasteiger partial charge in [0.2, 0.25) is 0 Å². The number of ketones is 1. The second-order valence-corrected chi connectivity index (χ2v) is 2.98. The third kappa shape index (κ3) is 3.34. The molecule has 4 heteroatoms. The summed E-state index contributed by atoms with van der Waals surface area (Å²) in [4.78, 5) is 32.0. The first kappa shape index (κ1) is 11.1. The van der Waals surface area contributed by atoms with Crippen molar-refractivity contribution < 1.29 is 14.4 Å². The lowest BCUT2D eigenvalue weighted by Crippen LogP contribution is -2.31. The molecule has 1 aromatic rings. The lowest BCUT2D eigenvalue weighted by atomic mass is 10.0. The highest BCUT2D eigenvalue weighted by Crippen LogP contribution is 2.04. The van der Waals surface area contributed by atoms with Gasteiger partial charge in [0, 0.05) is 12.0 Å². The smallest absolute Gasteiger partial charge is 0.309 e. The van der Waals surface area contributed by atoms with Gasteiger partial charge >= 0.3 is 6.41 Å². The van der Waals surface area contributed by atoms with E-state index in [1.807, 2.05) is 0 Å². The Hall–Kier alpha value is -1.97. The SMILES string of the molecule is O=[C]NC(C=O)CC(=O)c1ccccc1. The predicted octanol–water partition coefficient (Wildman–Crippen LogP) is 0.484. The van der Waals surface area contributed by atoms with E-state index in [1.54, 1.807) is 30.3 Å². The van der Waals surface area contributed by atoms with E-state index in [-0.39, 0.29) is 12.2 Å². The zero-order chi connectivity index (χ0) is 11.1. The first-order valence-electron chi connectivity index (χ1n) is 4.44. The largest absolute Gasteiger partial charge is 0.338 e. The molecule has 15 heavy (non-hydrogen) atoms. The van der Waals surface area contributed by atoms with Gasteiger partial charge in [-0.05, 0) is 0 Å². The summed E-state index contributed by atoms with van der Waals surface area (Å²) in [5.74, 6) is -0.185. The number of carbonyl (C=O) groups excluding carboxylic acids is 3. The maximum Gasteiger partial charge on any atom is 0.309 e. The molecule has 0 aliphatic carbocycles. The number of nitrogens with one attached hydrogen (secondary N) is 1. The average Bonchev–Trinajstić information content (AvgIpc) is 2.29. The summed E-state index contributed by atoms with van der Waals surface area (Å²) < 4.78 is 0. The van der Waals surface area contributed by atoms with Crippen LogP contribution >= 0.6 is 0 Å². The minimum absolute atomic E-state index is 0.0389. The number of hydrogen-bond acceptors (Lipinski definition) is 3. The van der Waals surface area contributed by atoms with Crippen molar-refractivity contribution in [2.75, 3.05) is 0 Å². The van der Waals surface area contributed by atoms with Crippen molar-refractivity contribution in [3.8, 4) is 0 Å². The van der Waals surface area contributed by atoms with Gasteiger partial charge in [0.15, 0.2) is 5.78 Å². The number of rotatable bonds is 6. The van der Waals surface area contributed by atoms with Crippen LogP contribution in [0, 0.1) is 0 Å². The van der Waals surface area contributed by atoms with Crippen LogP contribution in [0.25, 0.3) is 0 Å². The van der Waals surface area contributed by atoms with Crippen LogP contribution in [0.3, 0.4) is 0 Å². The first-order chi connectivity index (χ1) is 7.27. The van der Waals surface area contributed by atoms with Gasteiger partial charge in [0.05, 0.1) is 6.04 Å². The fourth-order valence-corrected chi connectivity index (χ4v) is 1.15. The molecule has 1 atom stereocenters. The molecule has 0 saturated heterocycles. The lowest BCUT2D eigenvalue weighted by Gasteiger charge is -2.06. The number of Topliss-reactive ketones (excluding diaryl/α,β-unsaturated/α-hetero) is 1. The van der Waals surface area contributed by atoms with Gasteiger partial charge in [-0.25, -0.2) is 0 Å². The van der Waals surface area contributed by atoms with Crippen molar-refractivity contribution in [1.82, 2.24) is 5.32 Å². The summed E-state index contributed by atoms with van der Waals surface area (Å²) in [5, 5.41) is 2.14. The molecule has 1 amide bonds. The molecular formula is C11H10NO3. The normalized spacial score (nSPS) is 11.5. The van der Waals surface area contributed by atoms with E-state index in [9.17, 15) is 14.4 Å². The van der Waals surface area contributed by atoms with E-state index < -0.39 is 6.04 Å². The molecule has 0 saturated carbocycles. The molecule has 0 aromatic heterocycles. The van der Waals surface area contributed by atoms with Gasteiger partial charge in [-0.3, -0.25) is 9.59 Å². The topological polar surface area (TPSA) is 63.2 Å². The molecule has 0 fully saturated rings. The van der Waals surface area contributed by atoms with Crippen molar-refractivity contribution >= 4 is 18.5 Å². The predicted molar refractivity (Wildman–Crippen MR) is 54.1 cm³/mol. The Kier molecular flexibility index (Phi) is 4.22. The molecule has 1 unspecified atom stereocenters. The average molecular weight is 204 g/mol. The van der Waals surface area contributed by atoms with E-state index in [0.29, 0.717) is 11.8 Å². The van der Waals surface area contributed by atoms with Crippen LogP contribution in [-0.2, 0) is 9.59 Å². The first-order valence-corrected chi connectivity index (χ1v) is 4.44. The molecule has 1 aromatic carbocycles. The Morgan fingerprint density at radius 2 is 2.07 bits per heavy atom. The van der Waals surface area contributed by atoms with Gasteiger partial charge in [0.25, 0.3) is 0 Å². The molecule has 1 rings (SSSR count). The van der Waals surface area contributed by atoms with Gasteiger partial charge < -0.3 is 10.1 Å². The van der Waals surface area contributed by atoms with E-state index in [1.165, 1.54) is 6.41 Å². The number of amides is 1. The Balaban J connectivity index is 2.62. The number of carbonyl (C=O) groups is 2. The highest BCUT2D eigenvalue weighted by atomic mass is 16.1. The quantitative estimate of drug-likeness (QED) is 0.416. The van der Waals surface area contributed by atoms with Crippen molar-refractivity contribution in [2.24, 2.45) is 0 Å². The third-order valence-corrected chi connectivity index (χ3v) is 1.91. The van der Waals surface area contributed by atoms with Gasteiger partial charge in [0.1, 0.15) is 6.29 Å². The monoisotopic (exact) mass is 204 g/mol. The second kappa shape index (κ2) is 5.70. The highest BCUT2D eigenvalue weighted by molar-refractivity contribution is 5.97. The van der Waals surface area contributed by atoms with Gasteiger partial charge in [-0.15, -0.1) is 0 Å². The molecule has 0 bridgehead atoms. The Morgan fingerprint density at radius 1 is 1.40 bits per heavy atom. The number of aldehydes is 1. The van der Waals surface area contributed by atoms with Crippen LogP contribution in [-0.4, -0.2) is 24.5 Å². The fourth-order valence-electron chi connectivity index (χ4n) is 1.15. The van der Waals surface area contributed by atoms with Crippen LogP contribution in [0.2, 0.25) is 0 Å². The van der Waals surface area contributed by atoms with Crippen molar-refractivity contribution in [3.05, 3.63) is 35.9 Å². The minimum atomic E-state index is -0.796. The Bertz CT molecular complexity index is 348. The molecule has 0 spiro atoms. The third-order valence-electron chi connectivity index (χ3n) is 1.91. The fraction of sp³-hybridized carbons (Fsp3) is 0.182. The summed E-state index contributed by atoms with van der Waals surface area (Å²) in [6.45, 7) is 0. The maximum atomic E-state index is 11.6.